The third-order valence-electron chi connectivity index (χ3n) is 2.78. The molecule has 0 atom stereocenters. The number of carbonyl (C=O) groups is 1. The largest absolute Gasteiger partial charge is 0.497 e. The number of nitrogen functional groups attached to an aromatic ring is 1. The quantitative estimate of drug-likeness (QED) is 0.836. The summed E-state index contributed by atoms with van der Waals surface area (Å²) < 4.78 is 5.07. The highest BCUT2D eigenvalue weighted by atomic mass is 16.5. The van der Waals surface area contributed by atoms with E-state index < -0.39 is 0 Å². The fourth-order valence-corrected chi connectivity index (χ4v) is 1.69. The number of hydrogen-bond donors (Lipinski definition) is 2. The topological polar surface area (TPSA) is 88.1 Å². The molecule has 0 aromatic heterocycles. The van der Waals surface area contributed by atoms with Crippen LogP contribution in [-0.4, -0.2) is 13.0 Å². The summed E-state index contributed by atoms with van der Waals surface area (Å²) >= 11 is 0. The van der Waals surface area contributed by atoms with Crippen LogP contribution in [-0.2, 0) is 0 Å². The lowest BCUT2D eigenvalue weighted by Crippen LogP contribution is -2.14. The van der Waals surface area contributed by atoms with Crippen molar-refractivity contribution in [3.05, 3.63) is 53.6 Å². The molecule has 0 radical (unpaired) electrons. The SMILES string of the molecule is COc1ccc(N)c(C(=O)Nc2ccc(C#N)cc2)c1. The standard InChI is InChI=1S/C15H13N3O2/c1-20-12-6-7-14(17)13(8-12)15(19)18-11-4-2-10(9-16)3-5-11/h2-8H,17H2,1H3,(H,18,19). The van der Waals surface area contributed by atoms with Crippen LogP contribution in [0.2, 0.25) is 0 Å². The first-order chi connectivity index (χ1) is 9.63. The van der Waals surface area contributed by atoms with Gasteiger partial charge in [-0.3, -0.25) is 4.79 Å². The Morgan fingerprint density at radius 3 is 2.55 bits per heavy atom. The van der Waals surface area contributed by atoms with Gasteiger partial charge in [0.2, 0.25) is 0 Å². The monoisotopic (exact) mass is 267 g/mol. The minimum Gasteiger partial charge on any atom is -0.497 e. The van der Waals surface area contributed by atoms with E-state index in [4.69, 9.17) is 15.7 Å². The van der Waals surface area contributed by atoms with Crippen LogP contribution < -0.4 is 15.8 Å². The third-order valence-corrected chi connectivity index (χ3v) is 2.78. The van der Waals surface area contributed by atoms with Crippen molar-refractivity contribution in [2.75, 3.05) is 18.2 Å². The highest BCUT2D eigenvalue weighted by Gasteiger charge is 2.11. The number of nitrogens with two attached hydrogens (primary N) is 1. The summed E-state index contributed by atoms with van der Waals surface area (Å²) in [4.78, 5) is 12.1. The molecule has 0 heterocycles. The predicted molar refractivity (Wildman–Crippen MR) is 76.5 cm³/mol. The van der Waals surface area contributed by atoms with Crippen LogP contribution in [0.25, 0.3) is 0 Å². The Morgan fingerprint density at radius 2 is 1.95 bits per heavy atom. The average Bonchev–Trinajstić information content (AvgIpc) is 2.48. The minimum atomic E-state index is -0.328. The van der Waals surface area contributed by atoms with Gasteiger partial charge in [-0.1, -0.05) is 0 Å². The lowest BCUT2D eigenvalue weighted by molar-refractivity contribution is 0.102. The summed E-state index contributed by atoms with van der Waals surface area (Å²) in [7, 11) is 1.52. The van der Waals surface area contributed by atoms with E-state index in [1.807, 2.05) is 6.07 Å². The van der Waals surface area contributed by atoms with Gasteiger partial charge in [0.15, 0.2) is 0 Å². The molecule has 0 bridgehead atoms. The fraction of sp³-hybridized carbons (Fsp3) is 0.0667. The van der Waals surface area contributed by atoms with Gasteiger partial charge in [-0.2, -0.15) is 5.26 Å². The molecule has 0 fully saturated rings. The Balaban J connectivity index is 2.21. The summed E-state index contributed by atoms with van der Waals surface area (Å²) in [5.74, 6) is 0.232. The first kappa shape index (κ1) is 13.4. The number of ether oxygens (including phenoxy) is 1. The zero-order valence-corrected chi connectivity index (χ0v) is 10.9. The van der Waals surface area contributed by atoms with Crippen molar-refractivity contribution in [3.8, 4) is 11.8 Å². The van der Waals surface area contributed by atoms with Crippen molar-refractivity contribution in [1.29, 1.82) is 5.26 Å². The minimum absolute atomic E-state index is 0.328. The van der Waals surface area contributed by atoms with E-state index >= 15 is 0 Å². The van der Waals surface area contributed by atoms with E-state index in [9.17, 15) is 4.79 Å². The van der Waals surface area contributed by atoms with Crippen molar-refractivity contribution in [2.24, 2.45) is 0 Å². The van der Waals surface area contributed by atoms with Crippen molar-refractivity contribution < 1.29 is 9.53 Å². The number of anilines is 2. The molecule has 100 valence electrons. The number of amides is 1. The highest BCUT2D eigenvalue weighted by molar-refractivity contribution is 6.08. The Kier molecular flexibility index (Phi) is 3.87. The number of hydrogen-bond acceptors (Lipinski definition) is 4. The molecule has 0 aliphatic rings. The molecular formula is C15H13N3O2. The van der Waals surface area contributed by atoms with Gasteiger partial charge >= 0.3 is 0 Å². The van der Waals surface area contributed by atoms with E-state index in [0.717, 1.165) is 0 Å². The molecule has 2 aromatic rings. The molecule has 2 rings (SSSR count). The van der Waals surface area contributed by atoms with Crippen molar-refractivity contribution in [1.82, 2.24) is 0 Å². The molecule has 2 aromatic carbocycles. The Hall–Kier alpha value is -3.00. The Labute approximate surface area is 116 Å². The van der Waals surface area contributed by atoms with Gasteiger partial charge in [0, 0.05) is 11.4 Å². The second kappa shape index (κ2) is 5.76. The lowest BCUT2D eigenvalue weighted by atomic mass is 10.1. The molecule has 0 saturated carbocycles. The molecule has 1 amide bonds. The normalized spacial score (nSPS) is 9.60. The first-order valence-corrected chi connectivity index (χ1v) is 5.89. The van der Waals surface area contributed by atoms with Gasteiger partial charge in [0.05, 0.1) is 24.3 Å². The van der Waals surface area contributed by atoms with Gasteiger partial charge in [0.1, 0.15) is 5.75 Å². The maximum absolute atomic E-state index is 12.1. The van der Waals surface area contributed by atoms with Crippen molar-refractivity contribution in [3.63, 3.8) is 0 Å². The van der Waals surface area contributed by atoms with Crippen molar-refractivity contribution in [2.45, 2.75) is 0 Å². The fourth-order valence-electron chi connectivity index (χ4n) is 1.69. The predicted octanol–water partition coefficient (Wildman–Crippen LogP) is 2.40. The van der Waals surface area contributed by atoms with Gasteiger partial charge in [-0.15, -0.1) is 0 Å². The van der Waals surface area contributed by atoms with E-state index in [1.165, 1.54) is 7.11 Å². The van der Waals surface area contributed by atoms with Crippen molar-refractivity contribution >= 4 is 17.3 Å². The van der Waals surface area contributed by atoms with Crippen LogP contribution >= 0.6 is 0 Å². The third kappa shape index (κ3) is 2.87. The van der Waals surface area contributed by atoms with E-state index in [-0.39, 0.29) is 5.91 Å². The maximum Gasteiger partial charge on any atom is 0.257 e. The second-order valence-electron chi connectivity index (χ2n) is 4.10. The Bertz CT molecular complexity index is 673. The lowest BCUT2D eigenvalue weighted by Gasteiger charge is -2.09. The molecule has 0 unspecified atom stereocenters. The molecule has 0 spiro atoms. The number of benzene rings is 2. The molecule has 0 aliphatic carbocycles. The van der Waals surface area contributed by atoms with Gasteiger partial charge in [0.25, 0.3) is 5.91 Å². The summed E-state index contributed by atoms with van der Waals surface area (Å²) in [6.45, 7) is 0. The zero-order valence-electron chi connectivity index (χ0n) is 10.9. The van der Waals surface area contributed by atoms with E-state index in [1.54, 1.807) is 42.5 Å². The van der Waals surface area contributed by atoms with Crippen LogP contribution in [0.4, 0.5) is 11.4 Å². The van der Waals surface area contributed by atoms with Crippen LogP contribution in [0.1, 0.15) is 15.9 Å². The van der Waals surface area contributed by atoms with Gasteiger partial charge in [-0.25, -0.2) is 0 Å². The summed E-state index contributed by atoms with van der Waals surface area (Å²) in [6.07, 6.45) is 0. The molecule has 3 N–H and O–H groups in total. The van der Waals surface area contributed by atoms with Gasteiger partial charge in [-0.05, 0) is 42.5 Å². The summed E-state index contributed by atoms with van der Waals surface area (Å²) in [5.41, 5.74) is 7.62. The number of carbonyl (C=O) groups excluding carboxylic acids is 1. The van der Waals surface area contributed by atoms with Crippen LogP contribution in [0.3, 0.4) is 0 Å². The second-order valence-corrected chi connectivity index (χ2v) is 4.10. The molecule has 0 aliphatic heterocycles. The number of nitrogens with one attached hydrogen (secondary N) is 1. The Morgan fingerprint density at radius 1 is 1.25 bits per heavy atom. The number of rotatable bonds is 3. The van der Waals surface area contributed by atoms with Crippen LogP contribution in [0.15, 0.2) is 42.5 Å². The molecular weight excluding hydrogens is 254 g/mol. The number of nitrogens with zero attached hydrogens (tertiary/aromatic N) is 1. The van der Waals surface area contributed by atoms with E-state index in [2.05, 4.69) is 5.32 Å². The van der Waals surface area contributed by atoms with Crippen LogP contribution in [0.5, 0.6) is 5.75 Å². The molecule has 20 heavy (non-hydrogen) atoms. The first-order valence-electron chi connectivity index (χ1n) is 5.89. The zero-order chi connectivity index (χ0) is 14.5. The van der Waals surface area contributed by atoms with Gasteiger partial charge < -0.3 is 15.8 Å². The molecule has 5 heteroatoms. The van der Waals surface area contributed by atoms with E-state index in [0.29, 0.717) is 28.3 Å². The maximum atomic E-state index is 12.1. The molecule has 0 saturated heterocycles. The summed E-state index contributed by atoms with van der Waals surface area (Å²) in [6, 6.07) is 13.5. The number of methoxy groups -OCH3 is 1. The summed E-state index contributed by atoms with van der Waals surface area (Å²) in [5, 5.41) is 11.4. The number of nitriles is 1. The van der Waals surface area contributed by atoms with Crippen LogP contribution in [0, 0.1) is 11.3 Å². The molecule has 5 nitrogen and oxygen atoms in total. The smallest absolute Gasteiger partial charge is 0.257 e. The highest BCUT2D eigenvalue weighted by Crippen LogP contribution is 2.21. The average molecular weight is 267 g/mol.